The standard InChI is InChI=1S/C16H14ClNO2/c1-11-7-9-13(10-8-11)18-16(20)14(17)15(19)12-5-3-2-4-6-12/h2-10,14H,1H3,(H,18,20). The second kappa shape index (κ2) is 6.35. The molecule has 0 aliphatic heterocycles. The number of amides is 1. The summed E-state index contributed by atoms with van der Waals surface area (Å²) in [6.07, 6.45) is 0. The number of hydrogen-bond acceptors (Lipinski definition) is 2. The summed E-state index contributed by atoms with van der Waals surface area (Å²) >= 11 is 5.94. The summed E-state index contributed by atoms with van der Waals surface area (Å²) in [5.41, 5.74) is 2.13. The number of hydrogen-bond donors (Lipinski definition) is 1. The lowest BCUT2D eigenvalue weighted by molar-refractivity contribution is -0.115. The molecule has 0 aliphatic rings. The van der Waals surface area contributed by atoms with Gasteiger partial charge in [-0.2, -0.15) is 0 Å². The van der Waals surface area contributed by atoms with Crippen molar-refractivity contribution in [2.24, 2.45) is 0 Å². The molecule has 1 N–H and O–H groups in total. The molecule has 102 valence electrons. The van der Waals surface area contributed by atoms with Gasteiger partial charge in [-0.1, -0.05) is 48.0 Å². The Bertz CT molecular complexity index is 608. The van der Waals surface area contributed by atoms with E-state index in [1.54, 1.807) is 42.5 Å². The van der Waals surface area contributed by atoms with Gasteiger partial charge in [-0.15, -0.1) is 11.6 Å². The lowest BCUT2D eigenvalue weighted by Crippen LogP contribution is -2.30. The number of alkyl halides is 1. The second-order valence-electron chi connectivity index (χ2n) is 4.45. The van der Waals surface area contributed by atoms with Gasteiger partial charge in [0, 0.05) is 11.3 Å². The highest BCUT2D eigenvalue weighted by molar-refractivity contribution is 6.45. The van der Waals surface area contributed by atoms with Crippen molar-refractivity contribution < 1.29 is 9.59 Å². The minimum absolute atomic E-state index is 0.406. The summed E-state index contributed by atoms with van der Waals surface area (Å²) in [6.45, 7) is 1.95. The average Bonchev–Trinajstić information content (AvgIpc) is 2.49. The van der Waals surface area contributed by atoms with Crippen LogP contribution in [0.1, 0.15) is 15.9 Å². The molecule has 0 heterocycles. The van der Waals surface area contributed by atoms with Crippen LogP contribution in [-0.2, 0) is 4.79 Å². The summed E-state index contributed by atoms with van der Waals surface area (Å²) in [4.78, 5) is 24.0. The molecule has 0 aliphatic carbocycles. The monoisotopic (exact) mass is 287 g/mol. The fraction of sp³-hybridized carbons (Fsp3) is 0.125. The van der Waals surface area contributed by atoms with E-state index >= 15 is 0 Å². The van der Waals surface area contributed by atoms with Crippen molar-refractivity contribution >= 4 is 29.0 Å². The third kappa shape index (κ3) is 3.45. The minimum atomic E-state index is -1.24. The number of halogens is 1. The Hall–Kier alpha value is -2.13. The number of carbonyl (C=O) groups is 2. The van der Waals surface area contributed by atoms with E-state index in [0.29, 0.717) is 11.3 Å². The normalized spacial score (nSPS) is 11.7. The van der Waals surface area contributed by atoms with E-state index in [4.69, 9.17) is 11.6 Å². The molecule has 2 aromatic rings. The van der Waals surface area contributed by atoms with Gasteiger partial charge in [-0.3, -0.25) is 9.59 Å². The van der Waals surface area contributed by atoms with Gasteiger partial charge in [-0.05, 0) is 19.1 Å². The molecule has 0 radical (unpaired) electrons. The first kappa shape index (κ1) is 14.3. The highest BCUT2D eigenvalue weighted by Gasteiger charge is 2.25. The van der Waals surface area contributed by atoms with Crippen molar-refractivity contribution in [2.75, 3.05) is 5.32 Å². The number of anilines is 1. The lowest BCUT2D eigenvalue weighted by atomic mass is 10.1. The molecule has 0 saturated carbocycles. The molecule has 0 fully saturated rings. The molecule has 1 unspecified atom stereocenters. The summed E-state index contributed by atoms with van der Waals surface area (Å²) in [5, 5.41) is 1.39. The Balaban J connectivity index is 2.05. The maximum Gasteiger partial charge on any atom is 0.250 e. The molecule has 1 atom stereocenters. The van der Waals surface area contributed by atoms with Gasteiger partial charge in [0.05, 0.1) is 0 Å². The van der Waals surface area contributed by atoms with Crippen LogP contribution in [0.15, 0.2) is 54.6 Å². The van der Waals surface area contributed by atoms with E-state index in [1.165, 1.54) is 0 Å². The molecular formula is C16H14ClNO2. The average molecular weight is 288 g/mol. The van der Waals surface area contributed by atoms with Crippen LogP contribution >= 0.6 is 11.6 Å². The van der Waals surface area contributed by atoms with E-state index in [1.807, 2.05) is 19.1 Å². The zero-order valence-corrected chi connectivity index (χ0v) is 11.7. The zero-order chi connectivity index (χ0) is 14.5. The smallest absolute Gasteiger partial charge is 0.250 e. The molecule has 2 rings (SSSR count). The van der Waals surface area contributed by atoms with Crippen LogP contribution < -0.4 is 5.32 Å². The lowest BCUT2D eigenvalue weighted by Gasteiger charge is -2.10. The van der Waals surface area contributed by atoms with Gasteiger partial charge in [0.15, 0.2) is 11.2 Å². The van der Waals surface area contributed by atoms with E-state index in [-0.39, 0.29) is 0 Å². The van der Waals surface area contributed by atoms with Gasteiger partial charge in [0.2, 0.25) is 5.91 Å². The third-order valence-electron chi connectivity index (χ3n) is 2.84. The molecule has 20 heavy (non-hydrogen) atoms. The number of benzene rings is 2. The first-order chi connectivity index (χ1) is 9.58. The summed E-state index contributed by atoms with van der Waals surface area (Å²) < 4.78 is 0. The number of rotatable bonds is 4. The van der Waals surface area contributed by atoms with Crippen molar-refractivity contribution in [3.05, 3.63) is 65.7 Å². The highest BCUT2D eigenvalue weighted by Crippen LogP contribution is 2.13. The van der Waals surface area contributed by atoms with Crippen molar-refractivity contribution in [1.29, 1.82) is 0 Å². The van der Waals surface area contributed by atoms with Crippen LogP contribution in [0.3, 0.4) is 0 Å². The highest BCUT2D eigenvalue weighted by atomic mass is 35.5. The summed E-state index contributed by atoms with van der Waals surface area (Å²) in [6, 6.07) is 15.8. The zero-order valence-electron chi connectivity index (χ0n) is 11.0. The summed E-state index contributed by atoms with van der Waals surface area (Å²) in [5.74, 6) is -0.929. The number of ketones is 1. The Kier molecular flexibility index (Phi) is 4.53. The molecule has 0 saturated heterocycles. The van der Waals surface area contributed by atoms with Gasteiger partial charge in [-0.25, -0.2) is 0 Å². The third-order valence-corrected chi connectivity index (χ3v) is 3.23. The predicted molar refractivity (Wildman–Crippen MR) is 80.2 cm³/mol. The Morgan fingerprint density at radius 2 is 1.60 bits per heavy atom. The number of carbonyl (C=O) groups excluding carboxylic acids is 2. The van der Waals surface area contributed by atoms with E-state index < -0.39 is 17.1 Å². The fourth-order valence-electron chi connectivity index (χ4n) is 1.71. The molecular weight excluding hydrogens is 274 g/mol. The molecule has 0 bridgehead atoms. The molecule has 1 amide bonds. The Morgan fingerprint density at radius 3 is 2.20 bits per heavy atom. The van der Waals surface area contributed by atoms with Crippen molar-refractivity contribution in [2.45, 2.75) is 12.3 Å². The van der Waals surface area contributed by atoms with Crippen LogP contribution in [-0.4, -0.2) is 17.1 Å². The van der Waals surface area contributed by atoms with Crippen molar-refractivity contribution in [3.8, 4) is 0 Å². The van der Waals surface area contributed by atoms with Crippen LogP contribution in [0.2, 0.25) is 0 Å². The van der Waals surface area contributed by atoms with Crippen LogP contribution in [0.4, 0.5) is 5.69 Å². The Labute approximate surface area is 122 Å². The fourth-order valence-corrected chi connectivity index (χ4v) is 1.89. The minimum Gasteiger partial charge on any atom is -0.324 e. The molecule has 0 spiro atoms. The van der Waals surface area contributed by atoms with Crippen LogP contribution in [0.25, 0.3) is 0 Å². The maximum absolute atomic E-state index is 12.0. The second-order valence-corrected chi connectivity index (χ2v) is 4.88. The Morgan fingerprint density at radius 1 is 1.00 bits per heavy atom. The summed E-state index contributed by atoms with van der Waals surface area (Å²) in [7, 11) is 0. The largest absolute Gasteiger partial charge is 0.324 e. The SMILES string of the molecule is Cc1ccc(NC(=O)C(Cl)C(=O)c2ccccc2)cc1. The maximum atomic E-state index is 12.0. The van der Waals surface area contributed by atoms with E-state index in [9.17, 15) is 9.59 Å². The first-order valence-corrected chi connectivity index (χ1v) is 6.62. The number of Topliss-reactive ketones (excluding diaryl/α,β-unsaturated/α-hetero) is 1. The van der Waals surface area contributed by atoms with Gasteiger partial charge in [0.1, 0.15) is 0 Å². The molecule has 2 aromatic carbocycles. The molecule has 4 heteroatoms. The van der Waals surface area contributed by atoms with Crippen LogP contribution in [0.5, 0.6) is 0 Å². The van der Waals surface area contributed by atoms with Gasteiger partial charge < -0.3 is 5.32 Å². The van der Waals surface area contributed by atoms with Crippen LogP contribution in [0, 0.1) is 6.92 Å². The van der Waals surface area contributed by atoms with Crippen molar-refractivity contribution in [3.63, 3.8) is 0 Å². The quantitative estimate of drug-likeness (QED) is 0.532. The predicted octanol–water partition coefficient (Wildman–Crippen LogP) is 3.42. The van der Waals surface area contributed by atoms with E-state index in [0.717, 1.165) is 5.56 Å². The number of nitrogens with one attached hydrogen (secondary N) is 1. The molecule has 0 aromatic heterocycles. The van der Waals surface area contributed by atoms with E-state index in [2.05, 4.69) is 5.32 Å². The topological polar surface area (TPSA) is 46.2 Å². The first-order valence-electron chi connectivity index (χ1n) is 6.19. The van der Waals surface area contributed by atoms with Crippen molar-refractivity contribution in [1.82, 2.24) is 0 Å². The van der Waals surface area contributed by atoms with Gasteiger partial charge >= 0.3 is 0 Å². The van der Waals surface area contributed by atoms with Gasteiger partial charge in [0.25, 0.3) is 0 Å². The number of aryl methyl sites for hydroxylation is 1. The molecule has 3 nitrogen and oxygen atoms in total.